The lowest BCUT2D eigenvalue weighted by Gasteiger charge is -2.32. The van der Waals surface area contributed by atoms with Crippen molar-refractivity contribution in [3.63, 3.8) is 0 Å². The fraction of sp³-hybridized carbons (Fsp3) is 0.667. The minimum atomic E-state index is -0.826. The standard InChI is InChI=1S/C12H18N4O4/c1-8-11(16(19)20)12(14(2)13-8)15-5-3-4-9(7-15)6-10(17)18/h9H,3-7H2,1-2H3,(H,17,18). The summed E-state index contributed by atoms with van der Waals surface area (Å²) in [7, 11) is 1.68. The Morgan fingerprint density at radius 1 is 1.60 bits per heavy atom. The number of anilines is 1. The first kappa shape index (κ1) is 14.3. The maximum atomic E-state index is 11.2. The van der Waals surface area contributed by atoms with Crippen LogP contribution >= 0.6 is 0 Å². The minimum Gasteiger partial charge on any atom is -0.481 e. The second-order valence-electron chi connectivity index (χ2n) is 5.19. The highest BCUT2D eigenvalue weighted by Crippen LogP contribution is 2.34. The highest BCUT2D eigenvalue weighted by Gasteiger charge is 2.31. The molecule has 0 radical (unpaired) electrons. The van der Waals surface area contributed by atoms with E-state index in [4.69, 9.17) is 5.11 Å². The minimum absolute atomic E-state index is 0.0171. The van der Waals surface area contributed by atoms with Crippen molar-refractivity contribution in [3.05, 3.63) is 15.8 Å². The third kappa shape index (κ3) is 2.73. The van der Waals surface area contributed by atoms with Crippen LogP contribution in [0.4, 0.5) is 11.5 Å². The van der Waals surface area contributed by atoms with Gasteiger partial charge in [0.25, 0.3) is 0 Å². The summed E-state index contributed by atoms with van der Waals surface area (Å²) in [5.41, 5.74) is 0.399. The second kappa shape index (κ2) is 5.48. The summed E-state index contributed by atoms with van der Waals surface area (Å²) in [5.74, 6) is -0.328. The second-order valence-corrected chi connectivity index (χ2v) is 5.19. The van der Waals surface area contributed by atoms with Crippen LogP contribution in [-0.4, -0.2) is 38.9 Å². The zero-order valence-corrected chi connectivity index (χ0v) is 11.6. The summed E-state index contributed by atoms with van der Waals surface area (Å²) >= 11 is 0. The molecule has 0 amide bonds. The molecule has 1 aromatic rings. The van der Waals surface area contributed by atoms with E-state index >= 15 is 0 Å². The third-order valence-electron chi connectivity index (χ3n) is 3.63. The Kier molecular flexibility index (Phi) is 3.91. The topological polar surface area (TPSA) is 102 Å². The van der Waals surface area contributed by atoms with E-state index in [1.807, 2.05) is 4.90 Å². The van der Waals surface area contributed by atoms with E-state index < -0.39 is 10.9 Å². The Morgan fingerprint density at radius 2 is 2.30 bits per heavy atom. The largest absolute Gasteiger partial charge is 0.481 e. The van der Waals surface area contributed by atoms with Crippen molar-refractivity contribution in [2.24, 2.45) is 13.0 Å². The number of aliphatic carboxylic acids is 1. The lowest BCUT2D eigenvalue weighted by Crippen LogP contribution is -2.37. The van der Waals surface area contributed by atoms with E-state index in [-0.39, 0.29) is 18.0 Å². The third-order valence-corrected chi connectivity index (χ3v) is 3.63. The summed E-state index contributed by atoms with van der Waals surface area (Å²) in [4.78, 5) is 23.5. The van der Waals surface area contributed by atoms with Gasteiger partial charge in [-0.3, -0.25) is 14.9 Å². The molecule has 1 saturated heterocycles. The Hall–Kier alpha value is -2.12. The molecular formula is C12H18N4O4. The number of carbonyl (C=O) groups is 1. The van der Waals surface area contributed by atoms with Gasteiger partial charge in [0.05, 0.1) is 4.92 Å². The molecule has 8 nitrogen and oxygen atoms in total. The van der Waals surface area contributed by atoms with Gasteiger partial charge < -0.3 is 10.0 Å². The van der Waals surface area contributed by atoms with Crippen molar-refractivity contribution in [1.29, 1.82) is 0 Å². The van der Waals surface area contributed by atoms with Crippen LogP contribution in [0, 0.1) is 23.0 Å². The predicted molar refractivity (Wildman–Crippen MR) is 71.8 cm³/mol. The lowest BCUT2D eigenvalue weighted by atomic mass is 9.95. The monoisotopic (exact) mass is 282 g/mol. The summed E-state index contributed by atoms with van der Waals surface area (Å²) in [6.07, 6.45) is 1.77. The SMILES string of the molecule is Cc1nn(C)c(N2CCCC(CC(=O)O)C2)c1[N+](=O)[O-]. The molecule has 2 heterocycles. The first-order valence-electron chi connectivity index (χ1n) is 6.55. The molecule has 0 bridgehead atoms. The number of carboxylic acid groups (broad SMARTS) is 1. The number of carboxylic acids is 1. The van der Waals surface area contributed by atoms with Crippen molar-refractivity contribution >= 4 is 17.5 Å². The van der Waals surface area contributed by atoms with Gasteiger partial charge in [-0.15, -0.1) is 0 Å². The van der Waals surface area contributed by atoms with Crippen LogP contribution in [-0.2, 0) is 11.8 Å². The summed E-state index contributed by atoms with van der Waals surface area (Å²) in [6.45, 7) is 2.82. The molecule has 0 aliphatic carbocycles. The molecule has 1 N–H and O–H groups in total. The average molecular weight is 282 g/mol. The Labute approximate surface area is 116 Å². The van der Waals surface area contributed by atoms with Gasteiger partial charge >= 0.3 is 11.7 Å². The molecule has 8 heteroatoms. The molecule has 110 valence electrons. The zero-order valence-electron chi connectivity index (χ0n) is 11.6. The first-order valence-corrected chi connectivity index (χ1v) is 6.55. The van der Waals surface area contributed by atoms with E-state index in [1.54, 1.807) is 14.0 Å². The average Bonchev–Trinajstić information content (AvgIpc) is 2.63. The van der Waals surface area contributed by atoms with Crippen LogP contribution in [0.2, 0.25) is 0 Å². The summed E-state index contributed by atoms with van der Waals surface area (Å²) in [5, 5.41) is 24.2. The maximum Gasteiger partial charge on any atom is 0.333 e. The molecule has 1 unspecified atom stereocenters. The highest BCUT2D eigenvalue weighted by molar-refractivity contribution is 5.67. The van der Waals surface area contributed by atoms with Gasteiger partial charge in [-0.2, -0.15) is 5.10 Å². The zero-order chi connectivity index (χ0) is 14.9. The number of nitrogens with zero attached hydrogens (tertiary/aromatic N) is 4. The molecule has 20 heavy (non-hydrogen) atoms. The van der Waals surface area contributed by atoms with Gasteiger partial charge in [0.2, 0.25) is 5.82 Å². The van der Waals surface area contributed by atoms with Crippen LogP contribution in [0.15, 0.2) is 0 Å². The molecule has 0 aromatic carbocycles. The van der Waals surface area contributed by atoms with Gasteiger partial charge in [-0.05, 0) is 25.7 Å². The van der Waals surface area contributed by atoms with Gasteiger partial charge in [-0.25, -0.2) is 4.68 Å². The molecule has 1 atom stereocenters. The molecule has 1 aromatic heterocycles. The number of nitro groups is 1. The van der Waals surface area contributed by atoms with Gasteiger partial charge in [0, 0.05) is 26.6 Å². The van der Waals surface area contributed by atoms with Crippen molar-refractivity contribution in [3.8, 4) is 0 Å². The van der Waals surface area contributed by atoms with Gasteiger partial charge in [0.1, 0.15) is 5.69 Å². The van der Waals surface area contributed by atoms with E-state index in [2.05, 4.69) is 5.10 Å². The smallest absolute Gasteiger partial charge is 0.333 e. The quantitative estimate of drug-likeness (QED) is 0.660. The molecular weight excluding hydrogens is 264 g/mol. The molecule has 0 spiro atoms. The number of hydrogen-bond acceptors (Lipinski definition) is 5. The molecule has 0 saturated carbocycles. The Morgan fingerprint density at radius 3 is 2.90 bits per heavy atom. The number of aromatic nitrogens is 2. The molecule has 1 aliphatic rings. The van der Waals surface area contributed by atoms with E-state index in [1.165, 1.54) is 4.68 Å². The number of piperidine rings is 1. The summed E-state index contributed by atoms with van der Waals surface area (Å²) in [6, 6.07) is 0. The fourth-order valence-corrected chi connectivity index (χ4v) is 2.87. The molecule has 1 fully saturated rings. The van der Waals surface area contributed by atoms with Crippen molar-refractivity contribution in [1.82, 2.24) is 9.78 Å². The van der Waals surface area contributed by atoms with Gasteiger partial charge in [0.15, 0.2) is 0 Å². The molecule has 2 rings (SSSR count). The highest BCUT2D eigenvalue weighted by atomic mass is 16.6. The van der Waals surface area contributed by atoms with Gasteiger partial charge in [-0.1, -0.05) is 0 Å². The van der Waals surface area contributed by atoms with Crippen LogP contribution in [0.1, 0.15) is 25.0 Å². The van der Waals surface area contributed by atoms with Crippen LogP contribution < -0.4 is 4.90 Å². The van der Waals surface area contributed by atoms with Crippen LogP contribution in [0.3, 0.4) is 0 Å². The van der Waals surface area contributed by atoms with E-state index in [0.29, 0.717) is 24.6 Å². The van der Waals surface area contributed by atoms with Crippen LogP contribution in [0.25, 0.3) is 0 Å². The van der Waals surface area contributed by atoms with Crippen molar-refractivity contribution in [2.75, 3.05) is 18.0 Å². The van der Waals surface area contributed by atoms with Crippen LogP contribution in [0.5, 0.6) is 0 Å². The normalized spacial score (nSPS) is 19.1. The number of rotatable bonds is 4. The van der Waals surface area contributed by atoms with Crippen molar-refractivity contribution < 1.29 is 14.8 Å². The number of hydrogen-bond donors (Lipinski definition) is 1. The van der Waals surface area contributed by atoms with Crippen molar-refractivity contribution in [2.45, 2.75) is 26.2 Å². The Bertz CT molecular complexity index is 540. The molecule has 1 aliphatic heterocycles. The first-order chi connectivity index (χ1) is 9.40. The van der Waals surface area contributed by atoms with E-state index in [0.717, 1.165) is 12.8 Å². The van der Waals surface area contributed by atoms with E-state index in [9.17, 15) is 14.9 Å². The summed E-state index contributed by atoms with van der Waals surface area (Å²) < 4.78 is 1.51. The number of aryl methyl sites for hydroxylation is 2. The predicted octanol–water partition coefficient (Wildman–Crippen LogP) is 1.33. The fourth-order valence-electron chi connectivity index (χ4n) is 2.87. The lowest BCUT2D eigenvalue weighted by molar-refractivity contribution is -0.384. The Balaban J connectivity index is 2.27. The maximum absolute atomic E-state index is 11.2.